The number of likely N-dealkylation sites (N-methyl/N-ethyl adjacent to an activating group) is 1. The molecule has 0 fully saturated rings. The molecule has 2 nitrogen and oxygen atoms in total. The Kier molecular flexibility index (Phi) is 6.99. The smallest absolute Gasteiger partial charge is 0.0451 e. The van der Waals surface area contributed by atoms with E-state index in [0.29, 0.717) is 6.04 Å². The topological polar surface area (TPSA) is 15.3 Å². The number of benzene rings is 1. The molecule has 0 aromatic heterocycles. The standard InChI is InChI=1S/C16H28N2/c1-5-11-17-16(13-18(4)12-6-2)15-10-8-7-9-14(15)3/h7-10,16-17H,5-6,11-13H2,1-4H3. The van der Waals surface area contributed by atoms with E-state index in [2.05, 4.69) is 62.3 Å². The Morgan fingerprint density at radius 3 is 2.50 bits per heavy atom. The molecule has 1 atom stereocenters. The van der Waals surface area contributed by atoms with Gasteiger partial charge < -0.3 is 10.2 Å². The van der Waals surface area contributed by atoms with Gasteiger partial charge in [0.25, 0.3) is 0 Å². The molecule has 0 aliphatic rings. The van der Waals surface area contributed by atoms with Crippen molar-refractivity contribution in [3.8, 4) is 0 Å². The van der Waals surface area contributed by atoms with Crippen LogP contribution in [0.5, 0.6) is 0 Å². The summed E-state index contributed by atoms with van der Waals surface area (Å²) in [6.07, 6.45) is 2.39. The normalized spacial score (nSPS) is 12.9. The lowest BCUT2D eigenvalue weighted by atomic mass is 10.0. The lowest BCUT2D eigenvalue weighted by Crippen LogP contribution is -2.34. The third kappa shape index (κ3) is 4.79. The van der Waals surface area contributed by atoms with Crippen LogP contribution in [0.1, 0.15) is 43.9 Å². The third-order valence-electron chi connectivity index (χ3n) is 3.30. The van der Waals surface area contributed by atoms with Crippen molar-refractivity contribution >= 4 is 0 Å². The quantitative estimate of drug-likeness (QED) is 0.759. The molecule has 1 unspecified atom stereocenters. The summed E-state index contributed by atoms with van der Waals surface area (Å²) < 4.78 is 0. The molecule has 0 spiro atoms. The fourth-order valence-corrected chi connectivity index (χ4v) is 2.35. The largest absolute Gasteiger partial charge is 0.309 e. The average Bonchev–Trinajstić information content (AvgIpc) is 2.35. The SMILES string of the molecule is CCCNC(CN(C)CCC)c1ccccc1C. The molecule has 18 heavy (non-hydrogen) atoms. The van der Waals surface area contributed by atoms with Gasteiger partial charge in [0.05, 0.1) is 0 Å². The number of rotatable bonds is 8. The van der Waals surface area contributed by atoms with Gasteiger partial charge in [-0.25, -0.2) is 0 Å². The van der Waals surface area contributed by atoms with Crippen LogP contribution >= 0.6 is 0 Å². The van der Waals surface area contributed by atoms with Crippen LogP contribution in [0.2, 0.25) is 0 Å². The first kappa shape index (κ1) is 15.2. The number of hydrogen-bond donors (Lipinski definition) is 1. The second-order valence-corrected chi connectivity index (χ2v) is 5.13. The zero-order valence-corrected chi connectivity index (χ0v) is 12.4. The van der Waals surface area contributed by atoms with E-state index in [1.165, 1.54) is 24.0 Å². The summed E-state index contributed by atoms with van der Waals surface area (Å²) in [4.78, 5) is 2.42. The van der Waals surface area contributed by atoms with E-state index in [-0.39, 0.29) is 0 Å². The maximum absolute atomic E-state index is 3.67. The monoisotopic (exact) mass is 248 g/mol. The van der Waals surface area contributed by atoms with E-state index < -0.39 is 0 Å². The zero-order valence-electron chi connectivity index (χ0n) is 12.4. The van der Waals surface area contributed by atoms with Crippen molar-refractivity contribution in [1.29, 1.82) is 0 Å². The Bertz CT molecular complexity index is 336. The molecule has 0 bridgehead atoms. The van der Waals surface area contributed by atoms with Gasteiger partial charge in [0.15, 0.2) is 0 Å². The van der Waals surface area contributed by atoms with E-state index >= 15 is 0 Å². The summed E-state index contributed by atoms with van der Waals surface area (Å²) in [6.45, 7) is 9.99. The van der Waals surface area contributed by atoms with Crippen LogP contribution in [-0.4, -0.2) is 31.6 Å². The molecule has 1 aromatic rings. The van der Waals surface area contributed by atoms with Gasteiger partial charge in [-0.15, -0.1) is 0 Å². The van der Waals surface area contributed by atoms with Crippen molar-refractivity contribution < 1.29 is 0 Å². The number of nitrogens with zero attached hydrogens (tertiary/aromatic N) is 1. The molecular weight excluding hydrogens is 220 g/mol. The molecule has 0 aliphatic heterocycles. The Morgan fingerprint density at radius 2 is 1.89 bits per heavy atom. The first-order valence-electron chi connectivity index (χ1n) is 7.16. The molecule has 102 valence electrons. The van der Waals surface area contributed by atoms with Crippen LogP contribution in [0.4, 0.5) is 0 Å². The van der Waals surface area contributed by atoms with Crippen molar-refractivity contribution in [2.45, 2.75) is 39.7 Å². The van der Waals surface area contributed by atoms with Crippen LogP contribution in [0, 0.1) is 6.92 Å². The molecule has 1 rings (SSSR count). The van der Waals surface area contributed by atoms with Gasteiger partial charge in [0.1, 0.15) is 0 Å². The van der Waals surface area contributed by atoms with Crippen molar-refractivity contribution in [2.24, 2.45) is 0 Å². The van der Waals surface area contributed by atoms with Crippen molar-refractivity contribution in [3.05, 3.63) is 35.4 Å². The lowest BCUT2D eigenvalue weighted by molar-refractivity contribution is 0.290. The third-order valence-corrected chi connectivity index (χ3v) is 3.30. The van der Waals surface area contributed by atoms with Crippen molar-refractivity contribution in [1.82, 2.24) is 10.2 Å². The second kappa shape index (κ2) is 8.28. The molecule has 0 saturated heterocycles. The summed E-state index contributed by atoms with van der Waals surface area (Å²) in [7, 11) is 2.21. The molecule has 0 heterocycles. The second-order valence-electron chi connectivity index (χ2n) is 5.13. The van der Waals surface area contributed by atoms with Gasteiger partial charge in [0.2, 0.25) is 0 Å². The summed E-state index contributed by atoms with van der Waals surface area (Å²) in [5, 5.41) is 3.67. The molecule has 0 amide bonds. The highest BCUT2D eigenvalue weighted by Gasteiger charge is 2.14. The summed E-state index contributed by atoms with van der Waals surface area (Å²) >= 11 is 0. The lowest BCUT2D eigenvalue weighted by Gasteiger charge is -2.26. The Labute approximate surface area is 112 Å². The van der Waals surface area contributed by atoms with Crippen LogP contribution < -0.4 is 5.32 Å². The molecule has 0 radical (unpaired) electrons. The van der Waals surface area contributed by atoms with E-state index in [9.17, 15) is 0 Å². The summed E-state index contributed by atoms with van der Waals surface area (Å²) in [5.74, 6) is 0. The molecule has 0 aliphatic carbocycles. The maximum atomic E-state index is 3.67. The highest BCUT2D eigenvalue weighted by molar-refractivity contribution is 5.29. The van der Waals surface area contributed by atoms with Crippen molar-refractivity contribution in [3.63, 3.8) is 0 Å². The Morgan fingerprint density at radius 1 is 1.17 bits per heavy atom. The van der Waals surface area contributed by atoms with Gasteiger partial charge in [-0.2, -0.15) is 0 Å². The summed E-state index contributed by atoms with van der Waals surface area (Å²) in [6, 6.07) is 9.16. The van der Waals surface area contributed by atoms with Crippen LogP contribution in [-0.2, 0) is 0 Å². The molecular formula is C16H28N2. The van der Waals surface area contributed by atoms with Crippen LogP contribution in [0.3, 0.4) is 0 Å². The van der Waals surface area contributed by atoms with Gasteiger partial charge >= 0.3 is 0 Å². The molecule has 1 aromatic carbocycles. The minimum absolute atomic E-state index is 0.447. The average molecular weight is 248 g/mol. The highest BCUT2D eigenvalue weighted by atomic mass is 15.1. The fourth-order valence-electron chi connectivity index (χ4n) is 2.35. The molecule has 1 N–H and O–H groups in total. The Hall–Kier alpha value is -0.860. The van der Waals surface area contributed by atoms with Crippen LogP contribution in [0.25, 0.3) is 0 Å². The van der Waals surface area contributed by atoms with E-state index in [1.807, 2.05) is 0 Å². The highest BCUT2D eigenvalue weighted by Crippen LogP contribution is 2.18. The van der Waals surface area contributed by atoms with Crippen molar-refractivity contribution in [2.75, 3.05) is 26.7 Å². The van der Waals surface area contributed by atoms with Crippen LogP contribution in [0.15, 0.2) is 24.3 Å². The number of nitrogens with one attached hydrogen (secondary N) is 1. The summed E-state index contributed by atoms with van der Waals surface area (Å²) in [5.41, 5.74) is 2.82. The molecule has 0 saturated carbocycles. The fraction of sp³-hybridized carbons (Fsp3) is 0.625. The van der Waals surface area contributed by atoms with E-state index in [1.54, 1.807) is 0 Å². The minimum Gasteiger partial charge on any atom is -0.309 e. The Balaban J connectivity index is 2.74. The predicted octanol–water partition coefficient (Wildman–Crippen LogP) is 3.38. The molecule has 2 heteroatoms. The van der Waals surface area contributed by atoms with E-state index in [0.717, 1.165) is 19.6 Å². The predicted molar refractivity (Wildman–Crippen MR) is 80.0 cm³/mol. The van der Waals surface area contributed by atoms with Gasteiger partial charge in [-0.05, 0) is 51.0 Å². The van der Waals surface area contributed by atoms with E-state index in [4.69, 9.17) is 0 Å². The first-order valence-corrected chi connectivity index (χ1v) is 7.16. The number of hydrogen-bond acceptors (Lipinski definition) is 2. The van der Waals surface area contributed by atoms with Gasteiger partial charge in [-0.3, -0.25) is 0 Å². The minimum atomic E-state index is 0.447. The maximum Gasteiger partial charge on any atom is 0.0451 e. The zero-order chi connectivity index (χ0) is 13.4. The number of aryl methyl sites for hydroxylation is 1. The first-order chi connectivity index (χ1) is 8.69. The van der Waals surface area contributed by atoms with Gasteiger partial charge in [-0.1, -0.05) is 38.1 Å². The van der Waals surface area contributed by atoms with Gasteiger partial charge in [0, 0.05) is 12.6 Å².